The first-order valence-electron chi connectivity index (χ1n) is 10.2. The number of carbonyl (C=O) groups is 4. The van der Waals surface area contributed by atoms with Crippen molar-refractivity contribution in [1.29, 1.82) is 0 Å². The van der Waals surface area contributed by atoms with Gasteiger partial charge >= 0.3 is 0 Å². The van der Waals surface area contributed by atoms with Gasteiger partial charge in [0.2, 0.25) is 11.8 Å². The van der Waals surface area contributed by atoms with Gasteiger partial charge in [-0.25, -0.2) is 0 Å². The molecule has 1 aromatic rings. The third-order valence-electron chi connectivity index (χ3n) is 7.42. The molecule has 0 spiro atoms. The normalized spacial score (nSPS) is 38.1. The number of allylic oxidation sites excluding steroid dienone is 2. The van der Waals surface area contributed by atoms with Crippen LogP contribution in [-0.2, 0) is 19.2 Å². The van der Waals surface area contributed by atoms with E-state index in [1.54, 1.807) is 24.3 Å². The van der Waals surface area contributed by atoms with Gasteiger partial charge in [0.15, 0.2) is 21.2 Å². The number of nitrogens with one attached hydrogen (secondary N) is 1. The van der Waals surface area contributed by atoms with Gasteiger partial charge in [-0.05, 0) is 24.8 Å². The number of halogens is 2. The smallest absolute Gasteiger partial charge is 0.253 e. The highest BCUT2D eigenvalue weighted by Crippen LogP contribution is 2.65. The van der Waals surface area contributed by atoms with Crippen LogP contribution in [0.4, 0.5) is 0 Å². The average molecular weight is 479 g/mol. The van der Waals surface area contributed by atoms with E-state index in [0.717, 1.165) is 4.90 Å². The Labute approximate surface area is 193 Å². The molecule has 0 radical (unpaired) electrons. The molecule has 0 bridgehead atoms. The Morgan fingerprint density at radius 2 is 1.84 bits per heavy atom. The third-order valence-corrected chi connectivity index (χ3v) is 8.83. The number of carbonyl (C=O) groups excluding carboxylic acids is 4. The van der Waals surface area contributed by atoms with Crippen LogP contribution < -0.4 is 10.1 Å². The molecule has 2 aliphatic carbocycles. The molecule has 2 saturated heterocycles. The van der Waals surface area contributed by atoms with Crippen LogP contribution in [0.1, 0.15) is 24.3 Å². The summed E-state index contributed by atoms with van der Waals surface area (Å²) in [7, 11) is 2.70. The van der Waals surface area contributed by atoms with Crippen LogP contribution >= 0.6 is 23.2 Å². The van der Waals surface area contributed by atoms with Gasteiger partial charge < -0.3 is 9.84 Å². The second-order valence-electron chi connectivity index (χ2n) is 8.75. The van der Waals surface area contributed by atoms with Gasteiger partial charge in [0, 0.05) is 18.5 Å². The minimum absolute atomic E-state index is 0.0814. The molecular weight excluding hydrogens is 459 g/mol. The number of phenolic OH excluding ortho intramolecular Hbond substituents is 1. The maximum absolute atomic E-state index is 13.4. The first kappa shape index (κ1) is 21.3. The van der Waals surface area contributed by atoms with Crippen molar-refractivity contribution < 1.29 is 29.0 Å². The zero-order valence-electron chi connectivity index (χ0n) is 17.2. The van der Waals surface area contributed by atoms with E-state index in [4.69, 9.17) is 27.9 Å². The monoisotopic (exact) mass is 478 g/mol. The van der Waals surface area contributed by atoms with Gasteiger partial charge in [-0.3, -0.25) is 29.4 Å². The fourth-order valence-corrected chi connectivity index (χ4v) is 6.95. The van der Waals surface area contributed by atoms with E-state index in [1.165, 1.54) is 14.2 Å². The second-order valence-corrected chi connectivity index (χ2v) is 9.99. The number of likely N-dealkylation sites (tertiary alicyclic amines) is 1. The number of nitrogens with zero attached hydrogens (tertiary/aromatic N) is 1. The van der Waals surface area contributed by atoms with E-state index in [0.29, 0.717) is 5.57 Å². The second kappa shape index (κ2) is 6.71. The molecule has 6 unspecified atom stereocenters. The summed E-state index contributed by atoms with van der Waals surface area (Å²) in [6.45, 7) is 0. The van der Waals surface area contributed by atoms with E-state index in [2.05, 4.69) is 5.32 Å². The number of phenols is 1. The number of hydrogen-bond acceptors (Lipinski definition) is 6. The lowest BCUT2D eigenvalue weighted by atomic mass is 9.56. The van der Waals surface area contributed by atoms with E-state index < -0.39 is 51.1 Å². The SMILES string of the molecule is COc1cccc(C2C3=CCC4C(=O)NC(=O)C4C3CC3(Cl)C(=O)N(C)C(=O)C23Cl)c1O. The van der Waals surface area contributed by atoms with Crippen molar-refractivity contribution >= 4 is 46.8 Å². The lowest BCUT2D eigenvalue weighted by molar-refractivity contribution is -0.138. The summed E-state index contributed by atoms with van der Waals surface area (Å²) in [6.07, 6.45) is 1.99. The number of aromatic hydroxyl groups is 1. The number of fused-ring (bicyclic) bond motifs is 4. The Bertz CT molecular complexity index is 1140. The van der Waals surface area contributed by atoms with Crippen molar-refractivity contribution in [3.63, 3.8) is 0 Å². The van der Waals surface area contributed by atoms with Crippen LogP contribution in [0.15, 0.2) is 29.8 Å². The molecular formula is C22H20Cl2N2O6. The summed E-state index contributed by atoms with van der Waals surface area (Å²) < 4.78 is 5.23. The number of imide groups is 2. The molecule has 4 aliphatic rings. The maximum Gasteiger partial charge on any atom is 0.253 e. The molecule has 5 rings (SSSR count). The molecule has 8 nitrogen and oxygen atoms in total. The topological polar surface area (TPSA) is 113 Å². The van der Waals surface area contributed by atoms with Crippen LogP contribution in [0.3, 0.4) is 0 Å². The summed E-state index contributed by atoms with van der Waals surface area (Å²) in [5.74, 6) is -5.15. The highest BCUT2D eigenvalue weighted by molar-refractivity contribution is 6.53. The molecule has 2 N–H and O–H groups in total. The van der Waals surface area contributed by atoms with Gasteiger partial charge in [0.25, 0.3) is 11.8 Å². The summed E-state index contributed by atoms with van der Waals surface area (Å²) in [4.78, 5) is 48.7. The van der Waals surface area contributed by atoms with E-state index >= 15 is 0 Å². The molecule has 168 valence electrons. The number of alkyl halides is 2. The molecule has 2 heterocycles. The van der Waals surface area contributed by atoms with Crippen molar-refractivity contribution in [2.75, 3.05) is 14.2 Å². The molecule has 1 aromatic carbocycles. The number of benzene rings is 1. The van der Waals surface area contributed by atoms with Crippen molar-refractivity contribution in [2.45, 2.75) is 28.5 Å². The highest BCUT2D eigenvalue weighted by atomic mass is 35.5. The summed E-state index contributed by atoms with van der Waals surface area (Å²) in [6, 6.07) is 4.78. The minimum atomic E-state index is -1.93. The van der Waals surface area contributed by atoms with Gasteiger partial charge in [-0.2, -0.15) is 0 Å². The van der Waals surface area contributed by atoms with Crippen LogP contribution in [0, 0.1) is 17.8 Å². The van der Waals surface area contributed by atoms with E-state index in [1.807, 2.05) is 0 Å². The molecule has 3 fully saturated rings. The first-order valence-corrected chi connectivity index (χ1v) is 10.9. The Morgan fingerprint density at radius 3 is 2.53 bits per heavy atom. The molecule has 0 aromatic heterocycles. The predicted molar refractivity (Wildman–Crippen MR) is 113 cm³/mol. The number of ether oxygens (including phenoxy) is 1. The highest BCUT2D eigenvalue weighted by Gasteiger charge is 2.75. The third kappa shape index (κ3) is 2.34. The van der Waals surface area contributed by atoms with Gasteiger partial charge in [0.1, 0.15) is 0 Å². The Hall–Kier alpha value is -2.58. The number of hydrogen-bond donors (Lipinski definition) is 2. The number of para-hydroxylation sites is 1. The quantitative estimate of drug-likeness (QED) is 0.379. The maximum atomic E-state index is 13.4. The number of methoxy groups -OCH3 is 1. The standard InChI is InChI=1S/C22H20Cl2N2O6/c1-26-19(30)21(23)8-12-9(6-7-10-14(12)18(29)25-17(10)28)15(22(21,24)20(26)31)11-4-3-5-13(32-2)16(11)27/h3-6,10,12,14-15,27H,7-8H2,1-2H3,(H,25,28,29). The fourth-order valence-electron chi connectivity index (χ4n) is 5.94. The molecule has 32 heavy (non-hydrogen) atoms. The van der Waals surface area contributed by atoms with E-state index in [9.17, 15) is 24.3 Å². The molecule has 2 aliphatic heterocycles. The van der Waals surface area contributed by atoms with Crippen LogP contribution in [-0.4, -0.2) is 57.5 Å². The molecule has 1 saturated carbocycles. The zero-order valence-corrected chi connectivity index (χ0v) is 18.7. The zero-order chi connectivity index (χ0) is 23.2. The van der Waals surface area contributed by atoms with Gasteiger partial charge in [-0.15, -0.1) is 23.2 Å². The lowest BCUT2D eigenvalue weighted by Gasteiger charge is -2.50. The first-order chi connectivity index (χ1) is 15.1. The summed E-state index contributed by atoms with van der Waals surface area (Å²) in [5, 5.41) is 13.3. The number of rotatable bonds is 2. The Morgan fingerprint density at radius 1 is 1.12 bits per heavy atom. The lowest BCUT2D eigenvalue weighted by Crippen LogP contribution is -2.60. The Kier molecular flexibility index (Phi) is 4.46. The van der Waals surface area contributed by atoms with Crippen molar-refractivity contribution in [3.8, 4) is 11.5 Å². The van der Waals surface area contributed by atoms with Crippen LogP contribution in [0.5, 0.6) is 11.5 Å². The predicted octanol–water partition coefficient (Wildman–Crippen LogP) is 1.68. The minimum Gasteiger partial charge on any atom is -0.504 e. The number of amides is 4. The summed E-state index contributed by atoms with van der Waals surface area (Å²) >= 11 is 14.0. The Balaban J connectivity index is 1.79. The molecule has 6 atom stereocenters. The summed E-state index contributed by atoms with van der Waals surface area (Å²) in [5.41, 5.74) is 0.877. The largest absolute Gasteiger partial charge is 0.504 e. The van der Waals surface area contributed by atoms with Gasteiger partial charge in [-0.1, -0.05) is 23.8 Å². The average Bonchev–Trinajstić information content (AvgIpc) is 3.12. The van der Waals surface area contributed by atoms with Crippen molar-refractivity contribution in [1.82, 2.24) is 10.2 Å². The molecule has 10 heteroatoms. The van der Waals surface area contributed by atoms with E-state index in [-0.39, 0.29) is 35.8 Å². The van der Waals surface area contributed by atoms with Crippen LogP contribution in [0.2, 0.25) is 0 Å². The van der Waals surface area contributed by atoms with Crippen LogP contribution in [0.25, 0.3) is 0 Å². The van der Waals surface area contributed by atoms with Gasteiger partial charge in [0.05, 0.1) is 18.9 Å². The van der Waals surface area contributed by atoms with Crippen molar-refractivity contribution in [3.05, 3.63) is 35.4 Å². The van der Waals surface area contributed by atoms with Crippen molar-refractivity contribution in [2.24, 2.45) is 17.8 Å². The molecule has 4 amide bonds. The fraction of sp³-hybridized carbons (Fsp3) is 0.455.